The van der Waals surface area contributed by atoms with Crippen molar-refractivity contribution in [2.75, 3.05) is 14.2 Å². The van der Waals surface area contributed by atoms with E-state index < -0.39 is 0 Å². The van der Waals surface area contributed by atoms with Gasteiger partial charge in [0.15, 0.2) is 0 Å². The third kappa shape index (κ3) is 1.57. The van der Waals surface area contributed by atoms with Crippen molar-refractivity contribution in [3.63, 3.8) is 0 Å². The minimum Gasteiger partial charge on any atom is -0.364 e. The molecule has 1 saturated carbocycles. The molecule has 9 heavy (non-hydrogen) atoms. The van der Waals surface area contributed by atoms with Crippen LogP contribution in [0.2, 0.25) is 0 Å². The van der Waals surface area contributed by atoms with Crippen LogP contribution < -0.4 is 5.32 Å². The van der Waals surface area contributed by atoms with Gasteiger partial charge in [0.2, 0.25) is 0 Å². The van der Waals surface area contributed by atoms with Crippen LogP contribution in [0, 0.1) is 0 Å². The number of hydrogen-bond acceptors (Lipinski definition) is 2. The fourth-order valence-electron chi connectivity index (χ4n) is 1.05. The molecule has 0 atom stereocenters. The first-order chi connectivity index (χ1) is 3.83. The standard InChI is InChI=1S/C6H13NO.ClH/c1-7-6(8-2)4-3-5-6;/h7H,3-5H2,1-2H3;1H. The minimum atomic E-state index is 0. The van der Waals surface area contributed by atoms with Crippen molar-refractivity contribution in [3.05, 3.63) is 0 Å². The molecule has 56 valence electrons. The summed E-state index contributed by atoms with van der Waals surface area (Å²) in [4.78, 5) is 0. The van der Waals surface area contributed by atoms with Crippen LogP contribution in [0.3, 0.4) is 0 Å². The summed E-state index contributed by atoms with van der Waals surface area (Å²) in [6.07, 6.45) is 3.63. The highest BCUT2D eigenvalue weighted by molar-refractivity contribution is 5.85. The molecule has 1 fully saturated rings. The average molecular weight is 152 g/mol. The quantitative estimate of drug-likeness (QED) is 0.598. The first-order valence-corrected chi connectivity index (χ1v) is 3.07. The Morgan fingerprint density at radius 3 is 2.00 bits per heavy atom. The van der Waals surface area contributed by atoms with Gasteiger partial charge in [-0.3, -0.25) is 5.32 Å². The number of halogens is 1. The van der Waals surface area contributed by atoms with Crippen molar-refractivity contribution >= 4 is 12.4 Å². The van der Waals surface area contributed by atoms with E-state index in [-0.39, 0.29) is 18.1 Å². The summed E-state index contributed by atoms with van der Waals surface area (Å²) in [5.41, 5.74) is 0.0556. The van der Waals surface area contributed by atoms with E-state index in [1.807, 2.05) is 7.05 Å². The van der Waals surface area contributed by atoms with Gasteiger partial charge in [-0.05, 0) is 26.3 Å². The summed E-state index contributed by atoms with van der Waals surface area (Å²) in [7, 11) is 3.71. The predicted molar refractivity (Wildman–Crippen MR) is 39.9 cm³/mol. The SMILES string of the molecule is CNC1(OC)CCC1.Cl. The Bertz CT molecular complexity index is 69.6. The fourth-order valence-corrected chi connectivity index (χ4v) is 1.05. The maximum Gasteiger partial charge on any atom is 0.118 e. The van der Waals surface area contributed by atoms with Crippen LogP contribution >= 0.6 is 12.4 Å². The van der Waals surface area contributed by atoms with Gasteiger partial charge in [0.05, 0.1) is 0 Å². The molecular formula is C6H14ClNO. The van der Waals surface area contributed by atoms with Gasteiger partial charge in [-0.15, -0.1) is 12.4 Å². The Hall–Kier alpha value is 0.210. The predicted octanol–water partition coefficient (Wildman–Crippen LogP) is 1.15. The van der Waals surface area contributed by atoms with Crippen LogP contribution in [0.15, 0.2) is 0 Å². The first-order valence-electron chi connectivity index (χ1n) is 3.07. The van der Waals surface area contributed by atoms with Crippen LogP contribution in [0.5, 0.6) is 0 Å². The smallest absolute Gasteiger partial charge is 0.118 e. The van der Waals surface area contributed by atoms with E-state index in [0.29, 0.717) is 0 Å². The molecule has 0 saturated heterocycles. The van der Waals surface area contributed by atoms with Gasteiger partial charge in [-0.1, -0.05) is 0 Å². The van der Waals surface area contributed by atoms with Gasteiger partial charge in [0.25, 0.3) is 0 Å². The Balaban J connectivity index is 0.000000640. The van der Waals surface area contributed by atoms with Crippen molar-refractivity contribution in [1.82, 2.24) is 5.32 Å². The Morgan fingerprint density at radius 1 is 1.44 bits per heavy atom. The Kier molecular flexibility index (Phi) is 3.48. The van der Waals surface area contributed by atoms with Crippen molar-refractivity contribution in [2.24, 2.45) is 0 Å². The molecule has 0 spiro atoms. The second kappa shape index (κ2) is 3.40. The van der Waals surface area contributed by atoms with Crippen LogP contribution in [-0.2, 0) is 4.74 Å². The number of nitrogens with one attached hydrogen (secondary N) is 1. The second-order valence-electron chi connectivity index (χ2n) is 2.30. The molecule has 0 aromatic rings. The highest BCUT2D eigenvalue weighted by Gasteiger charge is 2.34. The summed E-state index contributed by atoms with van der Waals surface area (Å²) in [6, 6.07) is 0. The van der Waals surface area contributed by atoms with Crippen LogP contribution in [-0.4, -0.2) is 19.9 Å². The lowest BCUT2D eigenvalue weighted by Crippen LogP contribution is -2.50. The number of hydrogen-bond donors (Lipinski definition) is 1. The van der Waals surface area contributed by atoms with E-state index in [2.05, 4.69) is 5.32 Å². The van der Waals surface area contributed by atoms with Gasteiger partial charge in [0.1, 0.15) is 5.72 Å². The van der Waals surface area contributed by atoms with Crippen LogP contribution in [0.4, 0.5) is 0 Å². The zero-order valence-electron chi connectivity index (χ0n) is 5.94. The summed E-state index contributed by atoms with van der Waals surface area (Å²) >= 11 is 0. The van der Waals surface area contributed by atoms with Gasteiger partial charge >= 0.3 is 0 Å². The lowest BCUT2D eigenvalue weighted by Gasteiger charge is -2.39. The highest BCUT2D eigenvalue weighted by atomic mass is 35.5. The molecule has 0 radical (unpaired) electrons. The average Bonchev–Trinajstić information content (AvgIpc) is 1.67. The molecule has 1 rings (SSSR count). The molecule has 0 aromatic carbocycles. The maximum absolute atomic E-state index is 5.21. The monoisotopic (exact) mass is 151 g/mol. The van der Waals surface area contributed by atoms with Crippen LogP contribution in [0.1, 0.15) is 19.3 Å². The third-order valence-electron chi connectivity index (χ3n) is 2.01. The van der Waals surface area contributed by atoms with Crippen molar-refractivity contribution in [3.8, 4) is 0 Å². The topological polar surface area (TPSA) is 21.3 Å². The van der Waals surface area contributed by atoms with Crippen molar-refractivity contribution < 1.29 is 4.74 Å². The Morgan fingerprint density at radius 2 is 2.00 bits per heavy atom. The molecule has 0 aromatic heterocycles. The molecule has 1 aliphatic carbocycles. The van der Waals surface area contributed by atoms with Crippen LogP contribution in [0.25, 0.3) is 0 Å². The fraction of sp³-hybridized carbons (Fsp3) is 1.00. The Labute approximate surface area is 62.4 Å². The molecule has 1 aliphatic rings. The largest absolute Gasteiger partial charge is 0.364 e. The lowest BCUT2D eigenvalue weighted by molar-refractivity contribution is -0.0927. The molecule has 2 nitrogen and oxygen atoms in total. The maximum atomic E-state index is 5.21. The molecule has 0 heterocycles. The minimum absolute atomic E-state index is 0. The van der Waals surface area contributed by atoms with Crippen molar-refractivity contribution in [1.29, 1.82) is 0 Å². The van der Waals surface area contributed by atoms with Gasteiger partial charge in [0, 0.05) is 7.11 Å². The van der Waals surface area contributed by atoms with Gasteiger partial charge in [-0.2, -0.15) is 0 Å². The van der Waals surface area contributed by atoms with Gasteiger partial charge < -0.3 is 4.74 Å². The van der Waals surface area contributed by atoms with E-state index in [9.17, 15) is 0 Å². The molecule has 0 amide bonds. The zero-order chi connectivity index (χ0) is 6.04. The molecule has 0 bridgehead atoms. The van der Waals surface area contributed by atoms with E-state index in [0.717, 1.165) is 0 Å². The lowest BCUT2D eigenvalue weighted by atomic mass is 9.88. The summed E-state index contributed by atoms with van der Waals surface area (Å²) in [6.45, 7) is 0. The highest BCUT2D eigenvalue weighted by Crippen LogP contribution is 2.31. The molecule has 0 aliphatic heterocycles. The molecule has 3 heteroatoms. The summed E-state index contributed by atoms with van der Waals surface area (Å²) in [5.74, 6) is 0. The number of methoxy groups -OCH3 is 1. The number of rotatable bonds is 2. The summed E-state index contributed by atoms with van der Waals surface area (Å²) in [5, 5.41) is 3.14. The third-order valence-corrected chi connectivity index (χ3v) is 2.01. The van der Waals surface area contributed by atoms with E-state index in [4.69, 9.17) is 4.74 Å². The number of ether oxygens (including phenoxy) is 1. The summed E-state index contributed by atoms with van der Waals surface area (Å²) < 4.78 is 5.21. The zero-order valence-corrected chi connectivity index (χ0v) is 6.75. The molecule has 1 N–H and O–H groups in total. The van der Waals surface area contributed by atoms with Crippen molar-refractivity contribution in [2.45, 2.75) is 25.0 Å². The van der Waals surface area contributed by atoms with Gasteiger partial charge in [-0.25, -0.2) is 0 Å². The normalized spacial score (nSPS) is 22.0. The first kappa shape index (κ1) is 9.21. The van der Waals surface area contributed by atoms with E-state index >= 15 is 0 Å². The van der Waals surface area contributed by atoms with E-state index in [1.165, 1.54) is 19.3 Å². The van der Waals surface area contributed by atoms with E-state index in [1.54, 1.807) is 7.11 Å². The second-order valence-corrected chi connectivity index (χ2v) is 2.30. The molecule has 0 unspecified atom stereocenters. The molecular weight excluding hydrogens is 138 g/mol.